The van der Waals surface area contributed by atoms with Gasteiger partial charge in [-0.05, 0) is 30.7 Å². The Bertz CT molecular complexity index is 634. The summed E-state index contributed by atoms with van der Waals surface area (Å²) in [4.78, 5) is 16.2. The summed E-state index contributed by atoms with van der Waals surface area (Å²) < 4.78 is 19.7. The van der Waals surface area contributed by atoms with Gasteiger partial charge in [0.1, 0.15) is 11.6 Å². The van der Waals surface area contributed by atoms with E-state index in [1.165, 1.54) is 19.2 Å². The second-order valence-corrected chi connectivity index (χ2v) is 4.96. The lowest BCUT2D eigenvalue weighted by atomic mass is 10.00. The third-order valence-corrected chi connectivity index (χ3v) is 3.67. The number of methoxy groups -OCH3 is 1. The molecule has 0 saturated carbocycles. The summed E-state index contributed by atoms with van der Waals surface area (Å²) in [6.07, 6.45) is 3.42. The number of hydrogen-bond donors (Lipinski definition) is 0. The minimum Gasteiger partial charge on any atom is -0.469 e. The third kappa shape index (κ3) is 2.31. The lowest BCUT2D eigenvalue weighted by Gasteiger charge is -2.21. The van der Waals surface area contributed by atoms with Crippen molar-refractivity contribution in [2.45, 2.75) is 19.4 Å². The molecule has 104 valence electrons. The first-order valence-corrected chi connectivity index (χ1v) is 6.57. The minimum atomic E-state index is -0.261. The molecule has 2 aromatic rings. The predicted octanol–water partition coefficient (Wildman–Crippen LogP) is 2.42. The molecule has 0 bridgehead atoms. The molecule has 0 spiro atoms. The van der Waals surface area contributed by atoms with Gasteiger partial charge in [0.25, 0.3) is 0 Å². The summed E-state index contributed by atoms with van der Waals surface area (Å²) in [7, 11) is 1.41. The fraction of sp³-hybridized carbons (Fsp3) is 0.333. The van der Waals surface area contributed by atoms with E-state index in [4.69, 9.17) is 4.74 Å². The molecule has 0 N–H and O–H groups in total. The first-order chi connectivity index (χ1) is 9.67. The number of carbonyl (C=O) groups excluding carboxylic acids is 1. The number of halogens is 1. The maximum absolute atomic E-state index is 12.9. The molecule has 0 aliphatic carbocycles. The van der Waals surface area contributed by atoms with E-state index in [2.05, 4.69) is 4.98 Å². The Hall–Kier alpha value is -2.17. The Morgan fingerprint density at radius 1 is 1.40 bits per heavy atom. The quantitative estimate of drug-likeness (QED) is 0.790. The largest absolute Gasteiger partial charge is 0.469 e. The summed E-state index contributed by atoms with van der Waals surface area (Å²) in [5.41, 5.74) is 1.69. The van der Waals surface area contributed by atoms with Crippen molar-refractivity contribution in [3.8, 4) is 11.3 Å². The monoisotopic (exact) mass is 274 g/mol. The standard InChI is InChI=1S/C15H15FN2O2/c1-20-15(19)11-4-7-14-17-13(9-18(14)8-11)10-2-5-12(16)6-3-10/h2-3,5-6,9,11H,4,7-8H2,1H3. The summed E-state index contributed by atoms with van der Waals surface area (Å²) >= 11 is 0. The lowest BCUT2D eigenvalue weighted by Crippen LogP contribution is -2.27. The van der Waals surface area contributed by atoms with E-state index in [0.29, 0.717) is 6.54 Å². The smallest absolute Gasteiger partial charge is 0.310 e. The predicted molar refractivity (Wildman–Crippen MR) is 71.4 cm³/mol. The SMILES string of the molecule is COC(=O)C1CCc2nc(-c3ccc(F)cc3)cn2C1. The molecule has 20 heavy (non-hydrogen) atoms. The Balaban J connectivity index is 1.86. The molecular formula is C15H15FN2O2. The summed E-state index contributed by atoms with van der Waals surface area (Å²) in [6, 6.07) is 6.26. The highest BCUT2D eigenvalue weighted by atomic mass is 19.1. The number of aromatic nitrogens is 2. The Kier molecular flexibility index (Phi) is 3.26. The first-order valence-electron chi connectivity index (χ1n) is 6.57. The van der Waals surface area contributed by atoms with Gasteiger partial charge in [0.2, 0.25) is 0 Å². The molecule has 4 nitrogen and oxygen atoms in total. The van der Waals surface area contributed by atoms with E-state index >= 15 is 0 Å². The van der Waals surface area contributed by atoms with Crippen molar-refractivity contribution in [3.05, 3.63) is 42.1 Å². The molecule has 0 radical (unpaired) electrons. The van der Waals surface area contributed by atoms with Gasteiger partial charge in [0.15, 0.2) is 0 Å². The molecule has 0 fully saturated rings. The van der Waals surface area contributed by atoms with Crippen molar-refractivity contribution in [2.24, 2.45) is 5.92 Å². The number of nitrogens with zero attached hydrogens (tertiary/aromatic N) is 2. The maximum atomic E-state index is 12.9. The van der Waals surface area contributed by atoms with Gasteiger partial charge in [0.05, 0.1) is 18.7 Å². The van der Waals surface area contributed by atoms with Gasteiger partial charge in [0, 0.05) is 24.7 Å². The molecule has 1 unspecified atom stereocenters. The number of benzene rings is 1. The van der Waals surface area contributed by atoms with Crippen molar-refractivity contribution in [1.29, 1.82) is 0 Å². The van der Waals surface area contributed by atoms with Gasteiger partial charge in [-0.15, -0.1) is 0 Å². The van der Waals surface area contributed by atoms with Crippen LogP contribution in [0, 0.1) is 11.7 Å². The average Bonchev–Trinajstić information content (AvgIpc) is 2.90. The van der Waals surface area contributed by atoms with Gasteiger partial charge in [-0.25, -0.2) is 9.37 Å². The van der Waals surface area contributed by atoms with Gasteiger partial charge < -0.3 is 9.30 Å². The van der Waals surface area contributed by atoms with Crippen molar-refractivity contribution in [1.82, 2.24) is 9.55 Å². The molecule has 1 aliphatic heterocycles. The summed E-state index contributed by atoms with van der Waals surface area (Å²) in [6.45, 7) is 0.593. The van der Waals surface area contributed by atoms with Crippen molar-refractivity contribution in [3.63, 3.8) is 0 Å². The highest BCUT2D eigenvalue weighted by Crippen LogP contribution is 2.25. The number of carbonyl (C=O) groups is 1. The summed E-state index contributed by atoms with van der Waals surface area (Å²) in [5.74, 6) is 0.420. The first kappa shape index (κ1) is 12.8. The number of imidazole rings is 1. The second kappa shape index (κ2) is 5.07. The molecule has 3 rings (SSSR count). The van der Waals surface area contributed by atoms with Crippen LogP contribution in [0.15, 0.2) is 30.5 Å². The van der Waals surface area contributed by atoms with E-state index in [-0.39, 0.29) is 17.7 Å². The van der Waals surface area contributed by atoms with Crippen molar-refractivity contribution < 1.29 is 13.9 Å². The van der Waals surface area contributed by atoms with Crippen LogP contribution < -0.4 is 0 Å². The van der Waals surface area contributed by atoms with Crippen LogP contribution in [0.4, 0.5) is 4.39 Å². The van der Waals surface area contributed by atoms with E-state index < -0.39 is 0 Å². The number of esters is 1. The van der Waals surface area contributed by atoms with E-state index in [0.717, 1.165) is 29.9 Å². The molecule has 1 aromatic carbocycles. The number of fused-ring (bicyclic) bond motifs is 1. The van der Waals surface area contributed by atoms with Crippen LogP contribution in [0.1, 0.15) is 12.2 Å². The van der Waals surface area contributed by atoms with E-state index in [1.807, 2.05) is 10.8 Å². The highest BCUT2D eigenvalue weighted by molar-refractivity contribution is 5.72. The third-order valence-electron chi connectivity index (χ3n) is 3.67. The molecular weight excluding hydrogens is 259 g/mol. The van der Waals surface area contributed by atoms with E-state index in [1.54, 1.807) is 12.1 Å². The van der Waals surface area contributed by atoms with E-state index in [9.17, 15) is 9.18 Å². The zero-order chi connectivity index (χ0) is 14.1. The van der Waals surface area contributed by atoms with Crippen molar-refractivity contribution >= 4 is 5.97 Å². The number of ether oxygens (including phenoxy) is 1. The minimum absolute atomic E-state index is 0.109. The van der Waals surface area contributed by atoms with Crippen LogP contribution in [0.5, 0.6) is 0 Å². The Labute approximate surface area is 116 Å². The Morgan fingerprint density at radius 2 is 2.15 bits per heavy atom. The number of hydrogen-bond acceptors (Lipinski definition) is 3. The topological polar surface area (TPSA) is 44.1 Å². The Morgan fingerprint density at radius 3 is 2.85 bits per heavy atom. The number of aryl methyl sites for hydroxylation is 1. The molecule has 1 aliphatic rings. The molecule has 2 heterocycles. The van der Waals surface area contributed by atoms with Crippen LogP contribution in [-0.4, -0.2) is 22.6 Å². The second-order valence-electron chi connectivity index (χ2n) is 4.96. The zero-order valence-corrected chi connectivity index (χ0v) is 11.2. The van der Waals surface area contributed by atoms with Crippen LogP contribution >= 0.6 is 0 Å². The molecule has 5 heteroatoms. The molecule has 1 atom stereocenters. The normalized spacial score (nSPS) is 17.6. The number of rotatable bonds is 2. The van der Waals surface area contributed by atoms with Gasteiger partial charge >= 0.3 is 5.97 Å². The van der Waals surface area contributed by atoms with Crippen LogP contribution in [-0.2, 0) is 22.5 Å². The summed E-state index contributed by atoms with van der Waals surface area (Å²) in [5, 5.41) is 0. The van der Waals surface area contributed by atoms with Crippen LogP contribution in [0.25, 0.3) is 11.3 Å². The van der Waals surface area contributed by atoms with Gasteiger partial charge in [-0.2, -0.15) is 0 Å². The molecule has 0 amide bonds. The zero-order valence-electron chi connectivity index (χ0n) is 11.2. The van der Waals surface area contributed by atoms with Gasteiger partial charge in [-0.3, -0.25) is 4.79 Å². The molecule has 1 aromatic heterocycles. The van der Waals surface area contributed by atoms with Gasteiger partial charge in [-0.1, -0.05) is 0 Å². The lowest BCUT2D eigenvalue weighted by molar-refractivity contribution is -0.146. The fourth-order valence-electron chi connectivity index (χ4n) is 2.56. The average molecular weight is 274 g/mol. The van der Waals surface area contributed by atoms with Crippen molar-refractivity contribution in [2.75, 3.05) is 7.11 Å². The highest BCUT2D eigenvalue weighted by Gasteiger charge is 2.26. The molecule has 0 saturated heterocycles. The van der Waals surface area contributed by atoms with Crippen LogP contribution in [0.3, 0.4) is 0 Å². The van der Waals surface area contributed by atoms with Crippen LogP contribution in [0.2, 0.25) is 0 Å². The fourth-order valence-corrected chi connectivity index (χ4v) is 2.56. The maximum Gasteiger partial charge on any atom is 0.310 e.